The van der Waals surface area contributed by atoms with Gasteiger partial charge >= 0.3 is 0 Å². The first-order valence-electron chi connectivity index (χ1n) is 8.50. The Bertz CT molecular complexity index is 1060. The monoisotopic (exact) mass is 379 g/mol. The summed E-state index contributed by atoms with van der Waals surface area (Å²) in [7, 11) is -3.77. The maximum Gasteiger partial charge on any atom is 0.261 e. The molecule has 0 aliphatic rings. The average Bonchev–Trinajstić information content (AvgIpc) is 2.68. The van der Waals surface area contributed by atoms with Crippen molar-refractivity contribution in [3.05, 3.63) is 102 Å². The molecule has 0 radical (unpaired) electrons. The van der Waals surface area contributed by atoms with Gasteiger partial charge in [-0.15, -0.1) is 0 Å². The van der Waals surface area contributed by atoms with E-state index in [9.17, 15) is 13.5 Å². The van der Waals surface area contributed by atoms with Crippen LogP contribution in [-0.4, -0.2) is 13.5 Å². The van der Waals surface area contributed by atoms with Gasteiger partial charge in [-0.1, -0.05) is 72.8 Å². The molecule has 27 heavy (non-hydrogen) atoms. The summed E-state index contributed by atoms with van der Waals surface area (Å²) in [6, 6.07) is 20.8. The van der Waals surface area contributed by atoms with Crippen LogP contribution in [0.15, 0.2) is 84.3 Å². The molecular weight excluding hydrogens is 358 g/mol. The first-order chi connectivity index (χ1) is 12.9. The number of anilines is 1. The fourth-order valence-electron chi connectivity index (χ4n) is 2.86. The fourth-order valence-corrected chi connectivity index (χ4v) is 3.95. The highest BCUT2D eigenvalue weighted by Crippen LogP contribution is 2.31. The highest BCUT2D eigenvalue weighted by Gasteiger charge is 2.20. The molecule has 0 heterocycles. The van der Waals surface area contributed by atoms with Crippen molar-refractivity contribution >= 4 is 21.8 Å². The quantitative estimate of drug-likeness (QED) is 0.662. The Labute approximate surface area is 159 Å². The van der Waals surface area contributed by atoms with E-state index in [4.69, 9.17) is 0 Å². The van der Waals surface area contributed by atoms with Crippen molar-refractivity contribution in [1.82, 2.24) is 0 Å². The number of aryl methyl sites for hydroxylation is 1. The molecule has 0 aliphatic carbocycles. The minimum absolute atomic E-state index is 0.170. The Morgan fingerprint density at radius 1 is 0.926 bits per heavy atom. The van der Waals surface area contributed by atoms with Gasteiger partial charge in [-0.25, -0.2) is 8.42 Å². The van der Waals surface area contributed by atoms with Crippen LogP contribution in [0.2, 0.25) is 0 Å². The molecular formula is C22H21NO3S. The second-order valence-corrected chi connectivity index (χ2v) is 7.92. The number of benzene rings is 3. The summed E-state index contributed by atoms with van der Waals surface area (Å²) >= 11 is 0. The summed E-state index contributed by atoms with van der Waals surface area (Å²) in [5.74, 6) is 0. The molecule has 1 unspecified atom stereocenters. The molecule has 0 aromatic heterocycles. The number of nitrogens with one attached hydrogen (secondary N) is 1. The molecule has 0 saturated heterocycles. The number of aliphatic hydroxyl groups is 1. The van der Waals surface area contributed by atoms with Crippen LogP contribution >= 0.6 is 0 Å². The Morgan fingerprint density at radius 3 is 2.19 bits per heavy atom. The smallest absolute Gasteiger partial charge is 0.261 e. The Hall–Kier alpha value is -2.89. The predicted molar refractivity (Wildman–Crippen MR) is 109 cm³/mol. The lowest BCUT2D eigenvalue weighted by molar-refractivity contribution is 0.221. The van der Waals surface area contributed by atoms with Crippen LogP contribution in [0, 0.1) is 6.92 Å². The zero-order valence-corrected chi connectivity index (χ0v) is 15.8. The van der Waals surface area contributed by atoms with Crippen molar-refractivity contribution in [3.8, 4) is 0 Å². The van der Waals surface area contributed by atoms with Crippen LogP contribution in [0.25, 0.3) is 6.08 Å². The number of hydrogen-bond donors (Lipinski definition) is 2. The van der Waals surface area contributed by atoms with E-state index in [0.717, 1.165) is 11.1 Å². The third kappa shape index (κ3) is 4.10. The molecule has 0 saturated carbocycles. The Kier molecular flexibility index (Phi) is 5.44. The lowest BCUT2D eigenvalue weighted by Gasteiger charge is -2.19. The summed E-state index contributed by atoms with van der Waals surface area (Å²) in [6.07, 6.45) is 0.675. The molecule has 0 spiro atoms. The lowest BCUT2D eigenvalue weighted by Crippen LogP contribution is -2.15. The normalized spacial score (nSPS) is 12.4. The van der Waals surface area contributed by atoms with Crippen LogP contribution in [0.3, 0.4) is 0 Å². The van der Waals surface area contributed by atoms with E-state index in [-0.39, 0.29) is 4.90 Å². The SMILES string of the molecule is C=Cc1ccccc1C(O)c1ccccc1NS(=O)(=O)c1ccc(C)cc1. The third-order valence-corrected chi connectivity index (χ3v) is 5.72. The van der Waals surface area contributed by atoms with Gasteiger partial charge in [0.25, 0.3) is 10.0 Å². The van der Waals surface area contributed by atoms with Crippen molar-refractivity contribution in [2.24, 2.45) is 0 Å². The Morgan fingerprint density at radius 2 is 1.52 bits per heavy atom. The number of rotatable bonds is 6. The van der Waals surface area contributed by atoms with Crippen molar-refractivity contribution in [1.29, 1.82) is 0 Å². The first-order valence-corrected chi connectivity index (χ1v) is 9.98. The van der Waals surface area contributed by atoms with Gasteiger partial charge in [0.05, 0.1) is 10.6 Å². The van der Waals surface area contributed by atoms with Crippen LogP contribution in [0.4, 0.5) is 5.69 Å². The van der Waals surface area contributed by atoms with Crippen molar-refractivity contribution in [2.45, 2.75) is 17.9 Å². The summed E-state index contributed by atoms with van der Waals surface area (Å²) in [4.78, 5) is 0.170. The molecule has 1 atom stereocenters. The third-order valence-electron chi connectivity index (χ3n) is 4.34. The van der Waals surface area contributed by atoms with E-state index in [0.29, 0.717) is 16.8 Å². The highest BCUT2D eigenvalue weighted by atomic mass is 32.2. The van der Waals surface area contributed by atoms with Gasteiger partial charge in [-0.3, -0.25) is 4.72 Å². The van der Waals surface area contributed by atoms with Gasteiger partial charge in [-0.05, 0) is 36.2 Å². The summed E-state index contributed by atoms with van der Waals surface area (Å²) < 4.78 is 28.1. The van der Waals surface area contributed by atoms with E-state index in [1.165, 1.54) is 0 Å². The summed E-state index contributed by atoms with van der Waals surface area (Å²) in [5.41, 5.74) is 3.24. The van der Waals surface area contributed by atoms with Crippen LogP contribution in [0.1, 0.15) is 28.4 Å². The lowest BCUT2D eigenvalue weighted by atomic mass is 9.96. The molecule has 0 amide bonds. The van der Waals surface area contributed by atoms with Gasteiger partial charge < -0.3 is 5.11 Å². The maximum absolute atomic E-state index is 12.7. The van der Waals surface area contributed by atoms with Gasteiger partial charge in [0.15, 0.2) is 0 Å². The zero-order valence-electron chi connectivity index (χ0n) is 15.0. The summed E-state index contributed by atoms with van der Waals surface area (Å²) in [5, 5.41) is 10.9. The summed E-state index contributed by atoms with van der Waals surface area (Å²) in [6.45, 7) is 5.67. The van der Waals surface area contributed by atoms with E-state index in [1.807, 2.05) is 25.1 Å². The minimum atomic E-state index is -3.77. The molecule has 0 bridgehead atoms. The van der Waals surface area contributed by atoms with Crippen molar-refractivity contribution in [2.75, 3.05) is 4.72 Å². The second kappa shape index (κ2) is 7.78. The van der Waals surface area contributed by atoms with E-state index in [1.54, 1.807) is 60.7 Å². The average molecular weight is 379 g/mol. The van der Waals surface area contributed by atoms with Gasteiger partial charge in [0.1, 0.15) is 6.10 Å². The van der Waals surface area contributed by atoms with E-state index < -0.39 is 16.1 Å². The number of hydrogen-bond acceptors (Lipinski definition) is 3. The molecule has 138 valence electrons. The number of para-hydroxylation sites is 1. The van der Waals surface area contributed by atoms with E-state index >= 15 is 0 Å². The molecule has 3 rings (SSSR count). The van der Waals surface area contributed by atoms with E-state index in [2.05, 4.69) is 11.3 Å². The van der Waals surface area contributed by atoms with Crippen molar-refractivity contribution < 1.29 is 13.5 Å². The van der Waals surface area contributed by atoms with Crippen LogP contribution < -0.4 is 4.72 Å². The van der Waals surface area contributed by atoms with Gasteiger partial charge in [0.2, 0.25) is 0 Å². The topological polar surface area (TPSA) is 66.4 Å². The minimum Gasteiger partial charge on any atom is -0.384 e. The zero-order chi connectivity index (χ0) is 19.4. The molecule has 0 fully saturated rings. The van der Waals surface area contributed by atoms with Gasteiger partial charge in [-0.2, -0.15) is 0 Å². The standard InChI is InChI=1S/C22H21NO3S/c1-3-17-8-4-5-9-19(17)22(24)20-10-6-7-11-21(20)23-27(25,26)18-14-12-16(2)13-15-18/h3-15,22-24H,1H2,2H3. The fraction of sp³-hybridized carbons (Fsp3) is 0.0909. The second-order valence-electron chi connectivity index (χ2n) is 6.24. The Balaban J connectivity index is 1.99. The highest BCUT2D eigenvalue weighted by molar-refractivity contribution is 7.92. The molecule has 3 aromatic rings. The van der Waals surface area contributed by atoms with Crippen LogP contribution in [-0.2, 0) is 10.0 Å². The molecule has 4 nitrogen and oxygen atoms in total. The number of aliphatic hydroxyl groups excluding tert-OH is 1. The molecule has 5 heteroatoms. The number of sulfonamides is 1. The largest absolute Gasteiger partial charge is 0.384 e. The maximum atomic E-state index is 12.7. The molecule has 2 N–H and O–H groups in total. The molecule has 3 aromatic carbocycles. The van der Waals surface area contributed by atoms with Crippen LogP contribution in [0.5, 0.6) is 0 Å². The van der Waals surface area contributed by atoms with Crippen molar-refractivity contribution in [3.63, 3.8) is 0 Å². The molecule has 0 aliphatic heterocycles. The van der Waals surface area contributed by atoms with Gasteiger partial charge in [0, 0.05) is 5.56 Å². The predicted octanol–water partition coefficient (Wildman–Crippen LogP) is 4.52. The first kappa shape index (κ1) is 18.9.